The molecule has 6 rings (SSSR count). The highest BCUT2D eigenvalue weighted by atomic mass is 19.1. The predicted octanol–water partition coefficient (Wildman–Crippen LogP) is 3.53. The van der Waals surface area contributed by atoms with Crippen LogP contribution >= 0.6 is 0 Å². The van der Waals surface area contributed by atoms with E-state index in [0.29, 0.717) is 0 Å². The number of aromatic nitrogens is 3. The second-order valence-corrected chi connectivity index (χ2v) is 8.93. The van der Waals surface area contributed by atoms with Gasteiger partial charge in [-0.05, 0) is 54.6 Å². The molecule has 0 bridgehead atoms. The number of nitrogens with one attached hydrogen (secondary N) is 1. The monoisotopic (exact) mass is 443 g/mol. The molecule has 1 fully saturated rings. The van der Waals surface area contributed by atoms with Gasteiger partial charge in [0, 0.05) is 68.0 Å². The van der Waals surface area contributed by atoms with Crippen LogP contribution in [0.15, 0.2) is 67.1 Å². The Hall–Kier alpha value is -3.42. The topological polar surface area (TPSA) is 58.2 Å². The van der Waals surface area contributed by atoms with Gasteiger partial charge in [-0.25, -0.2) is 9.37 Å². The molecule has 2 aromatic carbocycles. The Bertz CT molecular complexity index is 1300. The van der Waals surface area contributed by atoms with Crippen molar-refractivity contribution in [2.45, 2.75) is 12.6 Å². The Kier molecular flexibility index (Phi) is 4.81. The Labute approximate surface area is 191 Å². The molecular weight excluding hydrogens is 417 g/mol. The van der Waals surface area contributed by atoms with Crippen molar-refractivity contribution < 1.29 is 9.50 Å². The molecular formula is C26H26FN5O. The first-order valence-electron chi connectivity index (χ1n) is 11.3. The van der Waals surface area contributed by atoms with Gasteiger partial charge in [0.15, 0.2) is 5.82 Å². The van der Waals surface area contributed by atoms with E-state index < -0.39 is 0 Å². The molecule has 0 aliphatic carbocycles. The Morgan fingerprint density at radius 3 is 2.70 bits per heavy atom. The van der Waals surface area contributed by atoms with E-state index in [0.717, 1.165) is 48.0 Å². The molecule has 0 radical (unpaired) electrons. The van der Waals surface area contributed by atoms with Gasteiger partial charge in [-0.2, -0.15) is 0 Å². The highest BCUT2D eigenvalue weighted by Gasteiger charge is 2.32. The normalized spacial score (nSPS) is 19.2. The summed E-state index contributed by atoms with van der Waals surface area (Å²) in [6, 6.07) is 15.6. The van der Waals surface area contributed by atoms with Crippen molar-refractivity contribution >= 4 is 5.69 Å². The van der Waals surface area contributed by atoms with E-state index in [1.165, 1.54) is 23.4 Å². The fourth-order valence-electron chi connectivity index (χ4n) is 5.22. The molecule has 1 saturated heterocycles. The molecule has 0 spiro atoms. The second kappa shape index (κ2) is 7.86. The number of nitrogens with zero attached hydrogens (tertiary/aromatic N) is 4. The Balaban J connectivity index is 1.40. The van der Waals surface area contributed by atoms with Crippen LogP contribution in [0.5, 0.6) is 0 Å². The molecule has 0 amide bonds. The minimum absolute atomic E-state index is 0.185. The minimum Gasteiger partial charge on any atom is -0.396 e. The van der Waals surface area contributed by atoms with Crippen LogP contribution in [-0.4, -0.2) is 52.0 Å². The van der Waals surface area contributed by atoms with E-state index in [9.17, 15) is 9.50 Å². The summed E-state index contributed by atoms with van der Waals surface area (Å²) in [6.07, 6.45) is 5.96. The summed E-state index contributed by atoms with van der Waals surface area (Å²) in [6.45, 7) is 2.61. The first kappa shape index (κ1) is 20.2. The van der Waals surface area contributed by atoms with Crippen LogP contribution < -0.4 is 10.2 Å². The van der Waals surface area contributed by atoms with Crippen molar-refractivity contribution in [1.82, 2.24) is 19.4 Å². The fourth-order valence-corrected chi connectivity index (χ4v) is 5.22. The second-order valence-electron chi connectivity index (χ2n) is 8.93. The third-order valence-electron chi connectivity index (χ3n) is 7.02. The summed E-state index contributed by atoms with van der Waals surface area (Å²) < 4.78 is 17.8. The summed E-state index contributed by atoms with van der Waals surface area (Å²) in [5, 5.41) is 13.1. The number of hydrogen-bond donors (Lipinski definition) is 2. The van der Waals surface area contributed by atoms with Gasteiger partial charge in [0.05, 0.1) is 11.4 Å². The van der Waals surface area contributed by atoms with Crippen LogP contribution in [0.3, 0.4) is 0 Å². The molecule has 0 saturated carbocycles. The number of benzene rings is 2. The highest BCUT2D eigenvalue weighted by molar-refractivity contribution is 5.72. The van der Waals surface area contributed by atoms with E-state index in [1.54, 1.807) is 0 Å². The summed E-state index contributed by atoms with van der Waals surface area (Å²) in [5.74, 6) is 0.886. The van der Waals surface area contributed by atoms with Crippen LogP contribution in [-0.2, 0) is 6.54 Å². The average Bonchev–Trinajstić information content (AvgIpc) is 3.56. The summed E-state index contributed by atoms with van der Waals surface area (Å²) >= 11 is 0. The molecule has 2 atom stereocenters. The van der Waals surface area contributed by atoms with Gasteiger partial charge in [-0.15, -0.1) is 0 Å². The molecule has 7 heteroatoms. The standard InChI is InChI=1S/C26H26FN5O/c1-28-23-15-30(14-20(23)16-33)22-6-7-24-19(10-22)13-31-12-18(17-2-4-21(27)5-3-17)11-25(31)26-29-8-9-32(24)26/h2-12,20,23,28,33H,13-16H2,1H3/t20-,23+/m0/s1. The maximum Gasteiger partial charge on any atom is 0.161 e. The number of rotatable bonds is 4. The maximum absolute atomic E-state index is 13.4. The molecule has 4 heterocycles. The summed E-state index contributed by atoms with van der Waals surface area (Å²) in [5.41, 5.74) is 6.56. The van der Waals surface area contributed by atoms with Gasteiger partial charge in [-0.1, -0.05) is 12.1 Å². The van der Waals surface area contributed by atoms with E-state index in [-0.39, 0.29) is 24.4 Å². The van der Waals surface area contributed by atoms with Crippen molar-refractivity contribution in [2.24, 2.45) is 5.92 Å². The number of likely N-dealkylation sites (N-methyl/N-ethyl adjacent to an activating group) is 1. The number of halogens is 1. The molecule has 4 aromatic rings. The smallest absolute Gasteiger partial charge is 0.161 e. The zero-order valence-electron chi connectivity index (χ0n) is 18.4. The Morgan fingerprint density at radius 1 is 1.09 bits per heavy atom. The van der Waals surface area contributed by atoms with Crippen LogP contribution in [0.1, 0.15) is 5.56 Å². The zero-order chi connectivity index (χ0) is 22.5. The average molecular weight is 444 g/mol. The van der Waals surface area contributed by atoms with Crippen molar-refractivity contribution in [3.05, 3.63) is 78.5 Å². The van der Waals surface area contributed by atoms with Crippen LogP contribution in [0, 0.1) is 11.7 Å². The SMILES string of the molecule is CN[C@@H]1CN(c2ccc3c(c2)Cn2cc(-c4ccc(F)cc4)cc2-c2nccn2-3)C[C@H]1CO. The highest BCUT2D eigenvalue weighted by Crippen LogP contribution is 2.36. The first-order valence-corrected chi connectivity index (χ1v) is 11.3. The molecule has 0 unspecified atom stereocenters. The largest absolute Gasteiger partial charge is 0.396 e. The zero-order valence-corrected chi connectivity index (χ0v) is 18.4. The van der Waals surface area contributed by atoms with Gasteiger partial charge >= 0.3 is 0 Å². The lowest BCUT2D eigenvalue weighted by Crippen LogP contribution is -2.34. The van der Waals surface area contributed by atoms with Crippen molar-refractivity contribution in [2.75, 3.05) is 31.6 Å². The molecule has 2 aliphatic heterocycles. The number of aliphatic hydroxyl groups excluding tert-OH is 1. The van der Waals surface area contributed by atoms with Gasteiger partial charge in [0.1, 0.15) is 5.82 Å². The number of anilines is 1. The molecule has 2 aromatic heterocycles. The number of aliphatic hydroxyl groups is 1. The third-order valence-corrected chi connectivity index (χ3v) is 7.02. The quantitative estimate of drug-likeness (QED) is 0.446. The fraction of sp³-hybridized carbons (Fsp3) is 0.269. The van der Waals surface area contributed by atoms with Crippen molar-refractivity contribution in [3.63, 3.8) is 0 Å². The van der Waals surface area contributed by atoms with E-state index >= 15 is 0 Å². The molecule has 168 valence electrons. The van der Waals surface area contributed by atoms with Crippen LogP contribution in [0.25, 0.3) is 28.3 Å². The van der Waals surface area contributed by atoms with Gasteiger partial charge in [-0.3, -0.25) is 4.57 Å². The van der Waals surface area contributed by atoms with Gasteiger partial charge in [0.2, 0.25) is 0 Å². The first-order chi connectivity index (χ1) is 16.1. The third kappa shape index (κ3) is 3.35. The Morgan fingerprint density at radius 2 is 1.94 bits per heavy atom. The van der Waals surface area contributed by atoms with E-state index in [2.05, 4.69) is 54.8 Å². The molecule has 33 heavy (non-hydrogen) atoms. The van der Waals surface area contributed by atoms with E-state index in [1.807, 2.05) is 31.6 Å². The minimum atomic E-state index is -0.234. The predicted molar refractivity (Wildman–Crippen MR) is 127 cm³/mol. The van der Waals surface area contributed by atoms with Crippen LogP contribution in [0.4, 0.5) is 10.1 Å². The lowest BCUT2D eigenvalue weighted by molar-refractivity contribution is 0.219. The molecule has 2 N–H and O–H groups in total. The molecule has 2 aliphatic rings. The summed E-state index contributed by atoms with van der Waals surface area (Å²) in [4.78, 5) is 7.01. The molecule has 6 nitrogen and oxygen atoms in total. The lowest BCUT2D eigenvalue weighted by atomic mass is 10.1. The van der Waals surface area contributed by atoms with Crippen LogP contribution in [0.2, 0.25) is 0 Å². The number of fused-ring (bicyclic) bond motifs is 5. The van der Waals surface area contributed by atoms with Crippen molar-refractivity contribution in [3.8, 4) is 28.3 Å². The maximum atomic E-state index is 13.4. The van der Waals surface area contributed by atoms with Gasteiger partial charge in [0.25, 0.3) is 0 Å². The number of imidazole rings is 1. The number of hydrogen-bond acceptors (Lipinski definition) is 4. The van der Waals surface area contributed by atoms with Crippen molar-refractivity contribution in [1.29, 1.82) is 0 Å². The van der Waals surface area contributed by atoms with Gasteiger partial charge < -0.3 is 19.9 Å². The summed E-state index contributed by atoms with van der Waals surface area (Å²) in [7, 11) is 1.96. The lowest BCUT2D eigenvalue weighted by Gasteiger charge is -2.21. The van der Waals surface area contributed by atoms with E-state index in [4.69, 9.17) is 0 Å².